The molecule has 68 heavy (non-hydrogen) atoms. The van der Waals surface area contributed by atoms with Crippen LogP contribution in [0.3, 0.4) is 0 Å². The van der Waals surface area contributed by atoms with Crippen LogP contribution in [-0.4, -0.2) is 64.9 Å². The van der Waals surface area contributed by atoms with Gasteiger partial charge in [-0.25, -0.2) is 9.36 Å². The first-order valence-corrected chi connectivity index (χ1v) is 28.8. The zero-order chi connectivity index (χ0) is 49.9. The molecule has 3 unspecified atom stereocenters. The first kappa shape index (κ1) is 65.2. The molecule has 0 aliphatic carbocycles. The Kier molecular flexibility index (Phi) is 48.5. The summed E-state index contributed by atoms with van der Waals surface area (Å²) in [6, 6.07) is -1.56. The second-order valence-corrected chi connectivity index (χ2v) is 19.9. The van der Waals surface area contributed by atoms with Crippen molar-refractivity contribution in [3.63, 3.8) is 0 Å². The normalized spacial score (nSPS) is 13.9. The molecule has 0 aromatic rings. The van der Waals surface area contributed by atoms with Crippen LogP contribution in [0.1, 0.15) is 245 Å². The highest BCUT2D eigenvalue weighted by molar-refractivity contribution is 7.47. The van der Waals surface area contributed by atoms with E-state index in [0.29, 0.717) is 12.8 Å². The summed E-state index contributed by atoms with van der Waals surface area (Å²) in [4.78, 5) is 46.2. The number of aliphatic hydroxyl groups excluding tert-OH is 1. The first-order valence-electron chi connectivity index (χ1n) is 27.3. The molecule has 0 rings (SSSR count). The number of nitrogens with one attached hydrogen (secondary N) is 1. The van der Waals surface area contributed by atoms with Gasteiger partial charge in [-0.15, -0.1) is 0 Å². The summed E-state index contributed by atoms with van der Waals surface area (Å²) in [5.41, 5.74) is 0. The molecule has 4 N–H and O–H groups in total. The molecule has 0 spiro atoms. The zero-order valence-corrected chi connectivity index (χ0v) is 44.0. The van der Waals surface area contributed by atoms with Crippen molar-refractivity contribution >= 4 is 25.7 Å². The molecule has 394 valence electrons. The van der Waals surface area contributed by atoms with Crippen molar-refractivity contribution in [2.24, 2.45) is 0 Å². The van der Waals surface area contributed by atoms with Gasteiger partial charge in [-0.3, -0.25) is 18.6 Å². The highest BCUT2D eigenvalue weighted by atomic mass is 31.2. The average Bonchev–Trinajstić information content (AvgIpc) is 3.32. The molecule has 1 amide bonds. The third kappa shape index (κ3) is 49.6. The molecule has 0 saturated heterocycles. The molecule has 0 saturated carbocycles. The van der Waals surface area contributed by atoms with Crippen molar-refractivity contribution in [1.29, 1.82) is 0 Å². The van der Waals surface area contributed by atoms with Crippen LogP contribution < -0.4 is 5.32 Å². The number of carbonyl (C=O) groups excluding carboxylic acids is 2. The maximum atomic E-state index is 12.4. The minimum atomic E-state index is -4.77. The molecule has 12 heteroatoms. The number of amides is 1. The highest BCUT2D eigenvalue weighted by Gasteiger charge is 2.28. The van der Waals surface area contributed by atoms with Gasteiger partial charge in [-0.1, -0.05) is 209 Å². The predicted octanol–water partition coefficient (Wildman–Crippen LogP) is 15.5. The number of aliphatic carboxylic acids is 1. The van der Waals surface area contributed by atoms with Crippen LogP contribution in [-0.2, 0) is 32.7 Å². The van der Waals surface area contributed by atoms with Crippen molar-refractivity contribution in [1.82, 2.24) is 5.32 Å². The SMILES string of the molecule is CCCCC/C=C\C/C=C\C/C=C\C/C=C\CCCCCCCC(=O)NC(COP(=O)(O)OCC(O)COC(=O)CCCCCCCCCCCCCCC/C=C/CCCCCCCC)C(=O)O. The van der Waals surface area contributed by atoms with E-state index < -0.39 is 57.6 Å². The van der Waals surface area contributed by atoms with Crippen molar-refractivity contribution in [2.75, 3.05) is 19.8 Å². The fourth-order valence-electron chi connectivity index (χ4n) is 7.53. The number of unbranched alkanes of at least 4 members (excludes halogenated alkanes) is 27. The number of carboxylic acid groups (broad SMARTS) is 1. The molecule has 0 aromatic heterocycles. The lowest BCUT2D eigenvalue weighted by molar-refractivity contribution is -0.147. The summed E-state index contributed by atoms with van der Waals surface area (Å²) >= 11 is 0. The van der Waals surface area contributed by atoms with E-state index in [2.05, 4.69) is 79.9 Å². The second kappa shape index (κ2) is 50.6. The van der Waals surface area contributed by atoms with Crippen LogP contribution in [0.15, 0.2) is 60.8 Å². The van der Waals surface area contributed by atoms with E-state index in [1.165, 1.54) is 135 Å². The van der Waals surface area contributed by atoms with Gasteiger partial charge in [0.05, 0.1) is 13.2 Å². The van der Waals surface area contributed by atoms with Crippen molar-refractivity contribution in [3.8, 4) is 0 Å². The first-order chi connectivity index (χ1) is 33.1. The summed E-state index contributed by atoms with van der Waals surface area (Å²) in [6.07, 6.45) is 61.0. The molecular weight excluding hydrogens is 878 g/mol. The van der Waals surface area contributed by atoms with E-state index in [4.69, 9.17) is 13.8 Å². The Labute approximate surface area is 415 Å². The maximum absolute atomic E-state index is 12.4. The van der Waals surface area contributed by atoms with E-state index in [1.54, 1.807) is 0 Å². The van der Waals surface area contributed by atoms with Crippen LogP contribution in [0, 0.1) is 0 Å². The number of esters is 1. The number of phosphoric acid groups is 1. The molecule has 0 aliphatic heterocycles. The van der Waals surface area contributed by atoms with E-state index in [1.807, 2.05) is 0 Å². The lowest BCUT2D eigenvalue weighted by Gasteiger charge is -2.18. The lowest BCUT2D eigenvalue weighted by atomic mass is 10.0. The number of allylic oxidation sites excluding steroid dienone is 10. The number of carboxylic acids is 1. The van der Waals surface area contributed by atoms with Crippen LogP contribution in [0.2, 0.25) is 0 Å². The van der Waals surface area contributed by atoms with Gasteiger partial charge in [0, 0.05) is 12.8 Å². The summed E-state index contributed by atoms with van der Waals surface area (Å²) in [6.45, 7) is 2.58. The van der Waals surface area contributed by atoms with E-state index in [9.17, 15) is 34.1 Å². The highest BCUT2D eigenvalue weighted by Crippen LogP contribution is 2.43. The van der Waals surface area contributed by atoms with E-state index in [0.717, 1.165) is 70.6 Å². The smallest absolute Gasteiger partial charge is 0.472 e. The molecule has 0 bridgehead atoms. The summed E-state index contributed by atoms with van der Waals surface area (Å²) in [5.74, 6) is -2.39. The topological polar surface area (TPSA) is 169 Å². The Bertz CT molecular complexity index is 1380. The summed E-state index contributed by atoms with van der Waals surface area (Å²) in [7, 11) is -4.77. The zero-order valence-electron chi connectivity index (χ0n) is 43.2. The van der Waals surface area contributed by atoms with Gasteiger partial charge in [0.2, 0.25) is 5.91 Å². The van der Waals surface area contributed by atoms with Crippen molar-refractivity contribution in [2.45, 2.75) is 257 Å². The van der Waals surface area contributed by atoms with Gasteiger partial charge in [0.25, 0.3) is 0 Å². The van der Waals surface area contributed by atoms with Gasteiger partial charge in [0.15, 0.2) is 6.04 Å². The molecule has 0 radical (unpaired) electrons. The fourth-order valence-corrected chi connectivity index (χ4v) is 8.30. The minimum Gasteiger partial charge on any atom is -0.480 e. The second-order valence-electron chi connectivity index (χ2n) is 18.4. The molecule has 3 atom stereocenters. The quantitative estimate of drug-likeness (QED) is 0.0199. The van der Waals surface area contributed by atoms with Crippen LogP contribution in [0.25, 0.3) is 0 Å². The Morgan fingerprint density at radius 2 is 0.809 bits per heavy atom. The van der Waals surface area contributed by atoms with Gasteiger partial charge in [0.1, 0.15) is 12.7 Å². The van der Waals surface area contributed by atoms with E-state index >= 15 is 0 Å². The molecule has 0 aliphatic rings. The third-order valence-electron chi connectivity index (χ3n) is 11.8. The van der Waals surface area contributed by atoms with Gasteiger partial charge < -0.3 is 25.2 Å². The van der Waals surface area contributed by atoms with Crippen molar-refractivity contribution in [3.05, 3.63) is 60.8 Å². The number of ether oxygens (including phenoxy) is 1. The fraction of sp³-hybridized carbons (Fsp3) is 0.768. The predicted molar refractivity (Wildman–Crippen MR) is 282 cm³/mol. The van der Waals surface area contributed by atoms with Crippen molar-refractivity contribution < 1.29 is 47.8 Å². The van der Waals surface area contributed by atoms with E-state index in [-0.39, 0.29) is 12.8 Å². The van der Waals surface area contributed by atoms with Crippen LogP contribution in [0.5, 0.6) is 0 Å². The Hall–Kier alpha value is -2.82. The summed E-state index contributed by atoms with van der Waals surface area (Å²) < 4.78 is 27.0. The monoisotopic (exact) mass is 978 g/mol. The summed E-state index contributed by atoms with van der Waals surface area (Å²) in [5, 5.41) is 21.9. The standard InChI is InChI=1S/C56H100NO10P/c1-3-5-7-9-11-13-15-17-19-21-23-25-26-28-30-32-34-36-38-40-42-44-46-48-55(60)65-49-52(58)50-66-68(63,64)67-51-53(56(61)62)57-54(59)47-45-43-41-39-37-35-33-31-29-27-24-22-20-18-16-14-12-10-8-6-4-2/h12,14,17-20,24,27,31,33,52-53,58H,3-11,13,15-16,21-23,25-26,28-30,32,34-51H2,1-2H3,(H,57,59)(H,61,62)(H,63,64)/b14-12-,19-17+,20-18-,27-24-,33-31-. The number of rotatable bonds is 51. The Balaban J connectivity index is 3.83. The van der Waals surface area contributed by atoms with Gasteiger partial charge in [-0.2, -0.15) is 0 Å². The number of phosphoric ester groups is 1. The average molecular weight is 978 g/mol. The maximum Gasteiger partial charge on any atom is 0.472 e. The van der Waals surface area contributed by atoms with Gasteiger partial charge in [-0.05, 0) is 83.5 Å². The van der Waals surface area contributed by atoms with Crippen LogP contribution in [0.4, 0.5) is 0 Å². The molecule has 11 nitrogen and oxygen atoms in total. The molecule has 0 fully saturated rings. The molecular formula is C56H100NO10P. The van der Waals surface area contributed by atoms with Gasteiger partial charge >= 0.3 is 19.8 Å². The number of carbonyl (C=O) groups is 3. The van der Waals surface area contributed by atoms with Crippen LogP contribution >= 0.6 is 7.82 Å². The minimum absolute atomic E-state index is 0.123. The Morgan fingerprint density at radius 3 is 1.25 bits per heavy atom. The molecule has 0 aromatic carbocycles. The molecule has 0 heterocycles. The number of hydrogen-bond acceptors (Lipinski definition) is 8. The largest absolute Gasteiger partial charge is 0.480 e. The lowest BCUT2D eigenvalue weighted by Crippen LogP contribution is -2.43. The third-order valence-corrected chi connectivity index (χ3v) is 12.7. The number of aliphatic hydroxyl groups is 1. The Morgan fingerprint density at radius 1 is 0.471 bits per heavy atom. The number of hydrogen-bond donors (Lipinski definition) is 4.